The lowest BCUT2D eigenvalue weighted by Crippen LogP contribution is -2.44. The Kier molecular flexibility index (Phi) is 4.81. The van der Waals surface area contributed by atoms with Gasteiger partial charge in [-0.2, -0.15) is 5.01 Å². The summed E-state index contributed by atoms with van der Waals surface area (Å²) >= 11 is 6.37. The molecule has 8 heteroatoms. The Hall–Kier alpha value is -3.23. The number of para-hydroxylation sites is 1. The number of pyridine rings is 1. The van der Waals surface area contributed by atoms with Gasteiger partial charge in [-0.1, -0.05) is 30.0 Å². The normalized spacial score (nSPS) is 15.4. The summed E-state index contributed by atoms with van der Waals surface area (Å²) in [5, 5.41) is 11.3. The number of carbonyl (C=O) groups excluding carboxylic acids is 2. The molecule has 4 rings (SSSR count). The molecule has 3 aromatic rings. The Morgan fingerprint density at radius 3 is 2.68 bits per heavy atom. The van der Waals surface area contributed by atoms with E-state index < -0.39 is 11.8 Å². The van der Waals surface area contributed by atoms with Gasteiger partial charge in [-0.05, 0) is 60.3 Å². The number of amides is 2. The van der Waals surface area contributed by atoms with Gasteiger partial charge in [0.05, 0.1) is 10.4 Å². The lowest BCUT2D eigenvalue weighted by atomic mass is 10.1. The number of hydrogen-bond donors (Lipinski definition) is 2. The molecular formula is C20H13N3O3S2. The average molecular weight is 407 g/mol. The van der Waals surface area contributed by atoms with Crippen LogP contribution < -0.4 is 5.43 Å². The monoisotopic (exact) mass is 407 g/mol. The molecule has 6 nitrogen and oxygen atoms in total. The minimum Gasteiger partial charge on any atom is -0.508 e. The number of fused-ring (bicyclic) bond motifs is 1. The summed E-state index contributed by atoms with van der Waals surface area (Å²) in [7, 11) is 0. The van der Waals surface area contributed by atoms with E-state index in [0.29, 0.717) is 10.5 Å². The van der Waals surface area contributed by atoms with Crippen molar-refractivity contribution >= 4 is 57.1 Å². The molecule has 138 valence electrons. The standard InChI is InChI=1S/C20H13N3O3S2/c24-14-7-5-12(6-8-14)18(25)22-23-19(26)17(28-20(23)27)11-13-9-10-21-16-4-2-1-3-15(13)16/h1-11,24H,(H,22,25)/b17-11-. The van der Waals surface area contributed by atoms with Crippen molar-refractivity contribution in [1.82, 2.24) is 15.4 Å². The molecule has 1 saturated heterocycles. The third kappa shape index (κ3) is 3.47. The van der Waals surface area contributed by atoms with Gasteiger partial charge in [0.2, 0.25) is 0 Å². The molecule has 2 N–H and O–H groups in total. The van der Waals surface area contributed by atoms with Crippen molar-refractivity contribution in [2.45, 2.75) is 0 Å². The molecule has 0 atom stereocenters. The molecule has 2 heterocycles. The molecule has 0 spiro atoms. The third-order valence-electron chi connectivity index (χ3n) is 4.11. The number of rotatable bonds is 3. The van der Waals surface area contributed by atoms with E-state index in [-0.39, 0.29) is 10.1 Å². The highest BCUT2D eigenvalue weighted by atomic mass is 32.2. The zero-order valence-electron chi connectivity index (χ0n) is 14.3. The van der Waals surface area contributed by atoms with E-state index in [2.05, 4.69) is 10.4 Å². The lowest BCUT2D eigenvalue weighted by molar-refractivity contribution is -0.123. The number of hydrazine groups is 1. The molecule has 1 aromatic heterocycles. The molecule has 28 heavy (non-hydrogen) atoms. The number of nitrogens with one attached hydrogen (secondary N) is 1. The molecule has 2 aromatic carbocycles. The van der Waals surface area contributed by atoms with Crippen LogP contribution in [0.3, 0.4) is 0 Å². The quantitative estimate of drug-likeness (QED) is 0.511. The summed E-state index contributed by atoms with van der Waals surface area (Å²) in [6.07, 6.45) is 3.43. The smallest absolute Gasteiger partial charge is 0.285 e. The minimum atomic E-state index is -0.494. The number of thioether (sulfide) groups is 1. The summed E-state index contributed by atoms with van der Waals surface area (Å²) < 4.78 is 0.238. The van der Waals surface area contributed by atoms with Gasteiger partial charge in [0.1, 0.15) is 5.75 Å². The van der Waals surface area contributed by atoms with E-state index in [9.17, 15) is 14.7 Å². The van der Waals surface area contributed by atoms with Crippen LogP contribution in [0.15, 0.2) is 65.7 Å². The van der Waals surface area contributed by atoms with Crippen LogP contribution in [0.4, 0.5) is 0 Å². The second kappa shape index (κ2) is 7.41. The molecule has 1 aliphatic heterocycles. The van der Waals surface area contributed by atoms with Crippen LogP contribution in [0.25, 0.3) is 17.0 Å². The van der Waals surface area contributed by atoms with Crippen molar-refractivity contribution < 1.29 is 14.7 Å². The Labute approximate surface area is 169 Å². The van der Waals surface area contributed by atoms with Gasteiger partial charge in [0, 0.05) is 17.1 Å². The van der Waals surface area contributed by atoms with Crippen molar-refractivity contribution in [3.8, 4) is 5.75 Å². The van der Waals surface area contributed by atoms with Crippen molar-refractivity contribution in [2.24, 2.45) is 0 Å². The number of benzene rings is 2. The molecule has 0 unspecified atom stereocenters. The number of aromatic nitrogens is 1. The van der Waals surface area contributed by atoms with E-state index in [0.717, 1.165) is 33.2 Å². The summed E-state index contributed by atoms with van der Waals surface area (Å²) in [6.45, 7) is 0. The minimum absolute atomic E-state index is 0.0506. The molecule has 0 radical (unpaired) electrons. The highest BCUT2D eigenvalue weighted by molar-refractivity contribution is 8.26. The maximum atomic E-state index is 12.8. The predicted molar refractivity (Wildman–Crippen MR) is 112 cm³/mol. The highest BCUT2D eigenvalue weighted by Crippen LogP contribution is 2.32. The fourth-order valence-corrected chi connectivity index (χ4v) is 3.90. The number of phenolic OH excluding ortho intramolecular Hbond substituents is 1. The Morgan fingerprint density at radius 2 is 1.89 bits per heavy atom. The Balaban J connectivity index is 1.59. The van der Waals surface area contributed by atoms with Crippen molar-refractivity contribution in [3.05, 3.63) is 76.8 Å². The molecular weight excluding hydrogens is 394 g/mol. The zero-order chi connectivity index (χ0) is 19.7. The topological polar surface area (TPSA) is 82.5 Å². The fourth-order valence-electron chi connectivity index (χ4n) is 2.73. The first-order valence-corrected chi connectivity index (χ1v) is 9.47. The van der Waals surface area contributed by atoms with Gasteiger partial charge in [-0.15, -0.1) is 0 Å². The van der Waals surface area contributed by atoms with E-state index in [4.69, 9.17) is 12.2 Å². The lowest BCUT2D eigenvalue weighted by Gasteiger charge is -2.15. The third-order valence-corrected chi connectivity index (χ3v) is 5.41. The van der Waals surface area contributed by atoms with E-state index >= 15 is 0 Å². The van der Waals surface area contributed by atoms with Crippen molar-refractivity contribution in [3.63, 3.8) is 0 Å². The van der Waals surface area contributed by atoms with Crippen molar-refractivity contribution in [2.75, 3.05) is 0 Å². The van der Waals surface area contributed by atoms with E-state index in [1.165, 1.54) is 24.3 Å². The van der Waals surface area contributed by atoms with Gasteiger partial charge in [0.25, 0.3) is 11.8 Å². The van der Waals surface area contributed by atoms with Gasteiger partial charge in [-0.25, -0.2) is 0 Å². The molecule has 2 amide bonds. The summed E-state index contributed by atoms with van der Waals surface area (Å²) in [4.78, 5) is 29.8. The number of phenols is 1. The average Bonchev–Trinajstić information content (AvgIpc) is 2.96. The zero-order valence-corrected chi connectivity index (χ0v) is 16.0. The maximum absolute atomic E-state index is 12.8. The largest absolute Gasteiger partial charge is 0.508 e. The van der Waals surface area contributed by atoms with Gasteiger partial charge in [0.15, 0.2) is 4.32 Å². The first-order valence-electron chi connectivity index (χ1n) is 8.24. The van der Waals surface area contributed by atoms with E-state index in [1.54, 1.807) is 12.3 Å². The Morgan fingerprint density at radius 1 is 1.14 bits per heavy atom. The SMILES string of the molecule is O=C(NN1C(=O)/C(=C/c2ccnc3ccccc23)SC1=S)c1ccc(O)cc1. The fraction of sp³-hybridized carbons (Fsp3) is 0. The number of aromatic hydroxyl groups is 1. The van der Waals surface area contributed by atoms with Crippen LogP contribution in [-0.2, 0) is 4.79 Å². The second-order valence-corrected chi connectivity index (χ2v) is 7.60. The maximum Gasteiger partial charge on any atom is 0.285 e. The van der Waals surface area contributed by atoms with Gasteiger partial charge < -0.3 is 5.11 Å². The first-order chi connectivity index (χ1) is 13.5. The summed E-state index contributed by atoms with van der Waals surface area (Å²) in [6, 6.07) is 15.2. The Bertz CT molecular complexity index is 1140. The van der Waals surface area contributed by atoms with Crippen LogP contribution in [0.1, 0.15) is 15.9 Å². The van der Waals surface area contributed by atoms with Gasteiger partial charge >= 0.3 is 0 Å². The molecule has 1 aliphatic rings. The number of hydrogen-bond acceptors (Lipinski definition) is 6. The van der Waals surface area contributed by atoms with Crippen LogP contribution in [-0.4, -0.2) is 31.2 Å². The van der Waals surface area contributed by atoms with Gasteiger partial charge in [-0.3, -0.25) is 20.0 Å². The van der Waals surface area contributed by atoms with E-state index in [1.807, 2.05) is 30.3 Å². The molecule has 0 saturated carbocycles. The van der Waals surface area contributed by atoms with Crippen LogP contribution >= 0.6 is 24.0 Å². The van der Waals surface area contributed by atoms with Crippen LogP contribution in [0.5, 0.6) is 5.75 Å². The number of carbonyl (C=O) groups is 2. The summed E-state index contributed by atoms with van der Waals surface area (Å²) in [5.74, 6) is -0.843. The predicted octanol–water partition coefficient (Wildman–Crippen LogP) is 3.49. The van der Waals surface area contributed by atoms with Crippen LogP contribution in [0.2, 0.25) is 0 Å². The summed E-state index contributed by atoms with van der Waals surface area (Å²) in [5.41, 5.74) is 4.49. The first kappa shape index (κ1) is 18.1. The van der Waals surface area contributed by atoms with Crippen LogP contribution in [0, 0.1) is 0 Å². The molecule has 1 fully saturated rings. The number of thiocarbonyl (C=S) groups is 1. The molecule has 0 bridgehead atoms. The highest BCUT2D eigenvalue weighted by Gasteiger charge is 2.33. The number of nitrogens with zero attached hydrogens (tertiary/aromatic N) is 2. The second-order valence-electron chi connectivity index (χ2n) is 5.92. The van der Waals surface area contributed by atoms with Crippen molar-refractivity contribution in [1.29, 1.82) is 0 Å². The molecule has 0 aliphatic carbocycles.